The van der Waals surface area contributed by atoms with Crippen LogP contribution < -0.4 is 5.32 Å². The molecule has 2 aliphatic heterocycles. The molecule has 2 aliphatic rings. The molecule has 6 nitrogen and oxygen atoms in total. The number of hydrogen-bond donors (Lipinski definition) is 1. The van der Waals surface area contributed by atoms with Gasteiger partial charge in [-0.05, 0) is 46.1 Å². The molecule has 0 atom stereocenters. The van der Waals surface area contributed by atoms with Crippen molar-refractivity contribution in [2.24, 2.45) is 5.92 Å². The van der Waals surface area contributed by atoms with Crippen LogP contribution in [0.4, 0.5) is 0 Å². The second-order valence-electron chi connectivity index (χ2n) is 9.81. The summed E-state index contributed by atoms with van der Waals surface area (Å²) in [5, 5.41) is 3.18. The molecule has 2 amide bonds. The average molecular weight is 425 g/mol. The van der Waals surface area contributed by atoms with Crippen molar-refractivity contribution in [2.45, 2.75) is 91.1 Å². The molecule has 6 heteroatoms. The Hall–Kier alpha value is -1.14. The molecule has 0 aliphatic carbocycles. The van der Waals surface area contributed by atoms with Gasteiger partial charge in [0.2, 0.25) is 11.8 Å². The molecule has 0 saturated carbocycles. The molecule has 0 unspecified atom stereocenters. The standard InChI is InChI=1S/C24H46N4O2.H2/c1-20(2)24(30)28-14-11-22(12-15-28)25-23(29)10-8-6-5-7-9-13-26-16-18-27(19-17-26)21(3)4;/h20-22H,5-19H2,1-4H3,(H,25,29);1H. The monoisotopic (exact) mass is 424 g/mol. The maximum atomic E-state index is 12.2. The molecule has 0 radical (unpaired) electrons. The van der Waals surface area contributed by atoms with Gasteiger partial charge < -0.3 is 15.1 Å². The normalized spacial score (nSPS) is 19.6. The summed E-state index contributed by atoms with van der Waals surface area (Å²) < 4.78 is 0. The van der Waals surface area contributed by atoms with E-state index in [0.717, 1.165) is 38.8 Å². The Bertz CT molecular complexity index is 514. The Labute approximate surface area is 186 Å². The molecule has 1 N–H and O–H groups in total. The predicted molar refractivity (Wildman–Crippen MR) is 126 cm³/mol. The lowest BCUT2D eigenvalue weighted by Gasteiger charge is -2.36. The lowest BCUT2D eigenvalue weighted by atomic mass is 10.0. The van der Waals surface area contributed by atoms with Crippen molar-refractivity contribution in [3.05, 3.63) is 0 Å². The van der Waals surface area contributed by atoms with Crippen molar-refractivity contribution in [1.82, 2.24) is 20.0 Å². The first-order valence-corrected chi connectivity index (χ1v) is 12.4. The van der Waals surface area contributed by atoms with E-state index >= 15 is 0 Å². The summed E-state index contributed by atoms with van der Waals surface area (Å²) in [6.07, 6.45) is 8.33. The zero-order valence-corrected chi connectivity index (χ0v) is 20.0. The summed E-state index contributed by atoms with van der Waals surface area (Å²) in [6, 6.07) is 0.913. The van der Waals surface area contributed by atoms with Crippen LogP contribution in [0.3, 0.4) is 0 Å². The molecule has 0 spiro atoms. The molecule has 0 bridgehead atoms. The Morgan fingerprint density at radius 3 is 2.07 bits per heavy atom. The molecule has 176 valence electrons. The van der Waals surface area contributed by atoms with Gasteiger partial charge in [0.25, 0.3) is 0 Å². The molecule has 0 aromatic rings. The molecule has 2 rings (SSSR count). The van der Waals surface area contributed by atoms with Crippen LogP contribution >= 0.6 is 0 Å². The van der Waals surface area contributed by atoms with E-state index in [9.17, 15) is 9.59 Å². The number of unbranched alkanes of at least 4 members (excludes halogenated alkanes) is 4. The van der Waals surface area contributed by atoms with Crippen LogP contribution in [0.15, 0.2) is 0 Å². The number of nitrogens with zero attached hydrogens (tertiary/aromatic N) is 3. The second-order valence-corrected chi connectivity index (χ2v) is 9.81. The molecular formula is C24H48N4O2. The molecule has 0 aromatic carbocycles. The highest BCUT2D eigenvalue weighted by molar-refractivity contribution is 5.78. The highest BCUT2D eigenvalue weighted by Crippen LogP contribution is 2.14. The van der Waals surface area contributed by atoms with E-state index in [-0.39, 0.29) is 25.2 Å². The van der Waals surface area contributed by atoms with Crippen molar-refractivity contribution >= 4 is 11.8 Å². The number of carbonyl (C=O) groups is 2. The Kier molecular flexibility index (Phi) is 11.1. The fourth-order valence-electron chi connectivity index (χ4n) is 4.56. The molecule has 30 heavy (non-hydrogen) atoms. The first kappa shape index (κ1) is 25.1. The highest BCUT2D eigenvalue weighted by Gasteiger charge is 2.25. The van der Waals surface area contributed by atoms with Gasteiger partial charge in [-0.15, -0.1) is 0 Å². The average Bonchev–Trinajstić information content (AvgIpc) is 2.73. The minimum absolute atomic E-state index is 0. The van der Waals surface area contributed by atoms with Gasteiger partial charge in [-0.25, -0.2) is 0 Å². The van der Waals surface area contributed by atoms with Crippen LogP contribution in [0.1, 0.15) is 80.5 Å². The minimum atomic E-state index is 0. The highest BCUT2D eigenvalue weighted by atomic mass is 16.2. The van der Waals surface area contributed by atoms with E-state index < -0.39 is 0 Å². The fraction of sp³-hybridized carbons (Fsp3) is 0.917. The number of carbonyl (C=O) groups excluding carboxylic acids is 2. The van der Waals surface area contributed by atoms with Crippen LogP contribution in [0.25, 0.3) is 0 Å². The van der Waals surface area contributed by atoms with Crippen molar-refractivity contribution < 1.29 is 11.0 Å². The smallest absolute Gasteiger partial charge is 0.225 e. The molecule has 0 aromatic heterocycles. The first-order chi connectivity index (χ1) is 14.4. The topological polar surface area (TPSA) is 55.9 Å². The molecule has 2 heterocycles. The van der Waals surface area contributed by atoms with E-state index in [2.05, 4.69) is 29.0 Å². The summed E-state index contributed by atoms with van der Waals surface area (Å²) in [5.74, 6) is 0.482. The third kappa shape index (κ3) is 8.93. The van der Waals surface area contributed by atoms with Gasteiger partial charge in [-0.2, -0.15) is 0 Å². The number of amides is 2. The predicted octanol–water partition coefficient (Wildman–Crippen LogP) is 3.36. The van der Waals surface area contributed by atoms with E-state index in [1.165, 1.54) is 52.0 Å². The fourth-order valence-corrected chi connectivity index (χ4v) is 4.56. The maximum absolute atomic E-state index is 12.2. The molecule has 2 fully saturated rings. The van der Waals surface area contributed by atoms with Gasteiger partial charge in [-0.3, -0.25) is 14.5 Å². The lowest BCUT2D eigenvalue weighted by molar-refractivity contribution is -0.135. The first-order valence-electron chi connectivity index (χ1n) is 12.4. The quantitative estimate of drug-likeness (QED) is 0.517. The second kappa shape index (κ2) is 13.3. The van der Waals surface area contributed by atoms with Crippen molar-refractivity contribution in [3.63, 3.8) is 0 Å². The summed E-state index contributed by atoms with van der Waals surface area (Å²) in [7, 11) is 0. The van der Waals surface area contributed by atoms with Gasteiger partial charge in [-0.1, -0.05) is 33.1 Å². The number of nitrogens with one attached hydrogen (secondary N) is 1. The number of likely N-dealkylation sites (tertiary alicyclic amines) is 1. The third-order valence-electron chi connectivity index (χ3n) is 6.68. The summed E-state index contributed by atoms with van der Waals surface area (Å²) in [6.45, 7) is 16.1. The number of piperazine rings is 1. The lowest BCUT2D eigenvalue weighted by Crippen LogP contribution is -2.48. The zero-order valence-electron chi connectivity index (χ0n) is 20.0. The van der Waals surface area contributed by atoms with Crippen molar-refractivity contribution in [3.8, 4) is 0 Å². The van der Waals surface area contributed by atoms with Crippen LogP contribution in [0, 0.1) is 5.92 Å². The SMILES string of the molecule is CC(C)C(=O)N1CCC(NC(=O)CCCCCCCN2CCN(C(C)C)CC2)CC1.[HH]. The van der Waals surface area contributed by atoms with E-state index in [0.29, 0.717) is 12.5 Å². The van der Waals surface area contributed by atoms with E-state index in [4.69, 9.17) is 0 Å². The number of hydrogen-bond acceptors (Lipinski definition) is 4. The Balaban J connectivity index is 0.00000480. The van der Waals surface area contributed by atoms with Gasteiger partial charge in [0.1, 0.15) is 0 Å². The summed E-state index contributed by atoms with van der Waals surface area (Å²) in [5.41, 5.74) is 0. The Morgan fingerprint density at radius 1 is 0.867 bits per heavy atom. The van der Waals surface area contributed by atoms with Gasteiger partial charge in [0, 0.05) is 65.1 Å². The van der Waals surface area contributed by atoms with Crippen molar-refractivity contribution in [1.29, 1.82) is 0 Å². The Morgan fingerprint density at radius 2 is 1.47 bits per heavy atom. The van der Waals surface area contributed by atoms with Crippen LogP contribution in [-0.4, -0.2) is 84.4 Å². The summed E-state index contributed by atoms with van der Waals surface area (Å²) >= 11 is 0. The maximum Gasteiger partial charge on any atom is 0.225 e. The molecule has 2 saturated heterocycles. The van der Waals surface area contributed by atoms with Gasteiger partial charge in [0.15, 0.2) is 0 Å². The van der Waals surface area contributed by atoms with E-state index in [1.54, 1.807) is 0 Å². The van der Waals surface area contributed by atoms with Gasteiger partial charge >= 0.3 is 0 Å². The minimum Gasteiger partial charge on any atom is -0.353 e. The summed E-state index contributed by atoms with van der Waals surface area (Å²) in [4.78, 5) is 31.4. The largest absolute Gasteiger partial charge is 0.353 e. The van der Waals surface area contributed by atoms with Crippen LogP contribution in [-0.2, 0) is 9.59 Å². The van der Waals surface area contributed by atoms with Crippen molar-refractivity contribution in [2.75, 3.05) is 45.8 Å². The van der Waals surface area contributed by atoms with Gasteiger partial charge in [0.05, 0.1) is 0 Å². The number of rotatable bonds is 11. The van der Waals surface area contributed by atoms with Crippen LogP contribution in [0.2, 0.25) is 0 Å². The number of piperidine rings is 1. The third-order valence-corrected chi connectivity index (χ3v) is 6.68. The van der Waals surface area contributed by atoms with Crippen LogP contribution in [0.5, 0.6) is 0 Å². The zero-order chi connectivity index (χ0) is 21.9. The van der Waals surface area contributed by atoms with E-state index in [1.807, 2.05) is 18.7 Å². The molecular weight excluding hydrogens is 376 g/mol.